The lowest BCUT2D eigenvalue weighted by Gasteiger charge is -2.41. The van der Waals surface area contributed by atoms with Crippen LogP contribution in [0.2, 0.25) is 10.0 Å². The van der Waals surface area contributed by atoms with Crippen molar-refractivity contribution in [3.63, 3.8) is 0 Å². The number of hydrogen-bond donors (Lipinski definition) is 2. The van der Waals surface area contributed by atoms with Crippen molar-refractivity contribution in [3.8, 4) is 0 Å². The van der Waals surface area contributed by atoms with Gasteiger partial charge in [-0.1, -0.05) is 41.4 Å². The normalized spacial score (nSPS) is 16.3. The van der Waals surface area contributed by atoms with Crippen LogP contribution in [0.25, 0.3) is 10.9 Å². The number of aromatic amines is 1. The molecule has 1 fully saturated rings. The summed E-state index contributed by atoms with van der Waals surface area (Å²) >= 11 is 12.1. The molecule has 7 nitrogen and oxygen atoms in total. The van der Waals surface area contributed by atoms with Gasteiger partial charge in [0.05, 0.1) is 22.0 Å². The largest absolute Gasteiger partial charge is 0.390 e. The number of halogens is 5. The number of carbonyl (C=O) groups excluding carboxylic acids is 2. The lowest BCUT2D eigenvalue weighted by molar-refractivity contribution is -0.136. The number of piperazine rings is 1. The number of anilines is 1. The molecular weight excluding hydrogens is 520 g/mol. The highest BCUT2D eigenvalue weighted by atomic mass is 35.5. The minimum atomic E-state index is -4.44. The first kappa shape index (κ1) is 25.8. The van der Waals surface area contributed by atoms with Crippen molar-refractivity contribution in [3.05, 3.63) is 74.5 Å². The number of hydrogen-bond acceptors (Lipinski definition) is 4. The van der Waals surface area contributed by atoms with E-state index in [0.29, 0.717) is 33.2 Å². The van der Waals surface area contributed by atoms with E-state index in [1.54, 1.807) is 47.4 Å². The van der Waals surface area contributed by atoms with E-state index in [2.05, 4.69) is 10.3 Å². The van der Waals surface area contributed by atoms with Crippen LogP contribution in [-0.2, 0) is 4.79 Å². The van der Waals surface area contributed by atoms with Crippen molar-refractivity contribution in [2.75, 3.05) is 31.1 Å². The van der Waals surface area contributed by atoms with Crippen molar-refractivity contribution in [1.29, 1.82) is 0 Å². The van der Waals surface area contributed by atoms with Gasteiger partial charge < -0.3 is 20.1 Å². The van der Waals surface area contributed by atoms with Crippen molar-refractivity contribution < 1.29 is 22.8 Å². The zero-order chi connectivity index (χ0) is 26.0. The fraction of sp³-hybridized carbons (Fsp3) is 0.292. The molecule has 3 aromatic rings. The molecule has 0 unspecified atom stereocenters. The molecule has 2 heterocycles. The molecule has 0 bridgehead atoms. The van der Waals surface area contributed by atoms with Crippen molar-refractivity contribution in [2.24, 2.45) is 0 Å². The number of H-pyrrole nitrogens is 1. The van der Waals surface area contributed by atoms with E-state index < -0.39 is 42.6 Å². The molecule has 1 saturated heterocycles. The summed E-state index contributed by atoms with van der Waals surface area (Å²) in [6.07, 6.45) is -5.64. The lowest BCUT2D eigenvalue weighted by atomic mass is 10.0. The Hall–Kier alpha value is -3.24. The Morgan fingerprint density at radius 2 is 1.81 bits per heavy atom. The molecular formula is C24H21Cl2F3N4O3. The summed E-state index contributed by atoms with van der Waals surface area (Å²) in [6.45, 7) is -0.223. The zero-order valence-electron chi connectivity index (χ0n) is 18.7. The Morgan fingerprint density at radius 1 is 1.06 bits per heavy atom. The maximum atomic E-state index is 13.6. The molecule has 4 rings (SSSR count). The van der Waals surface area contributed by atoms with Crippen LogP contribution in [0.4, 0.5) is 18.9 Å². The third kappa shape index (κ3) is 5.76. The van der Waals surface area contributed by atoms with Crippen LogP contribution in [0.3, 0.4) is 0 Å². The first-order valence-electron chi connectivity index (χ1n) is 11.0. The molecule has 0 spiro atoms. The van der Waals surface area contributed by atoms with Crippen LogP contribution in [0.15, 0.2) is 53.3 Å². The second-order valence-electron chi connectivity index (χ2n) is 8.31. The summed E-state index contributed by atoms with van der Waals surface area (Å²) < 4.78 is 37.9. The minimum absolute atomic E-state index is 0.00265. The van der Waals surface area contributed by atoms with Gasteiger partial charge in [-0.3, -0.25) is 14.4 Å². The second kappa shape index (κ2) is 10.4. The van der Waals surface area contributed by atoms with Crippen LogP contribution in [0, 0.1) is 0 Å². The highest BCUT2D eigenvalue weighted by Gasteiger charge is 2.37. The van der Waals surface area contributed by atoms with E-state index in [-0.39, 0.29) is 18.7 Å². The molecule has 2 aromatic carbocycles. The molecule has 0 saturated carbocycles. The molecule has 0 aliphatic carbocycles. The van der Waals surface area contributed by atoms with Gasteiger partial charge in [-0.25, -0.2) is 0 Å². The number of benzene rings is 2. The molecule has 1 aliphatic heterocycles. The SMILES string of the molecule is O=C(NCCC(F)(F)F)[C@@H]1CN(c2ccc(Cl)c(Cl)c2)CCN1C(=O)c1cc(=O)[nH]c2ccccc12. The summed E-state index contributed by atoms with van der Waals surface area (Å²) in [6, 6.07) is 11.7. The summed E-state index contributed by atoms with van der Waals surface area (Å²) in [5, 5.41) is 3.43. The average Bonchev–Trinajstić information content (AvgIpc) is 2.83. The third-order valence-corrected chi connectivity index (χ3v) is 6.64. The van der Waals surface area contributed by atoms with E-state index in [0.717, 1.165) is 6.07 Å². The first-order chi connectivity index (χ1) is 17.0. The number of fused-ring (bicyclic) bond motifs is 1. The Balaban J connectivity index is 1.65. The molecule has 1 aliphatic rings. The molecule has 190 valence electrons. The smallest absolute Gasteiger partial charge is 0.367 e. The van der Waals surface area contributed by atoms with Crippen LogP contribution < -0.4 is 15.8 Å². The zero-order valence-corrected chi connectivity index (χ0v) is 20.3. The van der Waals surface area contributed by atoms with Gasteiger partial charge >= 0.3 is 6.18 Å². The molecule has 1 atom stereocenters. The molecule has 36 heavy (non-hydrogen) atoms. The lowest BCUT2D eigenvalue weighted by Crippen LogP contribution is -2.61. The predicted octanol–water partition coefficient (Wildman–Crippen LogP) is 4.23. The number of amides is 2. The predicted molar refractivity (Wildman–Crippen MR) is 132 cm³/mol. The quantitative estimate of drug-likeness (QED) is 0.507. The molecule has 12 heteroatoms. The van der Waals surface area contributed by atoms with Crippen LogP contribution in [-0.4, -0.2) is 60.1 Å². The fourth-order valence-corrected chi connectivity index (χ4v) is 4.44. The van der Waals surface area contributed by atoms with Crippen LogP contribution >= 0.6 is 23.2 Å². The highest BCUT2D eigenvalue weighted by molar-refractivity contribution is 6.42. The van der Waals surface area contributed by atoms with Gasteiger partial charge in [0.25, 0.3) is 5.91 Å². The van der Waals surface area contributed by atoms with Gasteiger partial charge in [0.1, 0.15) is 6.04 Å². The van der Waals surface area contributed by atoms with E-state index in [1.165, 1.54) is 4.90 Å². The average molecular weight is 541 g/mol. The molecule has 2 N–H and O–H groups in total. The van der Waals surface area contributed by atoms with Crippen LogP contribution in [0.1, 0.15) is 16.8 Å². The number of nitrogens with one attached hydrogen (secondary N) is 2. The van der Waals surface area contributed by atoms with Gasteiger partial charge in [0, 0.05) is 48.8 Å². The van der Waals surface area contributed by atoms with E-state index >= 15 is 0 Å². The van der Waals surface area contributed by atoms with E-state index in [9.17, 15) is 27.6 Å². The monoisotopic (exact) mass is 540 g/mol. The number of para-hydroxylation sites is 1. The van der Waals surface area contributed by atoms with Crippen molar-refractivity contribution in [1.82, 2.24) is 15.2 Å². The van der Waals surface area contributed by atoms with E-state index in [4.69, 9.17) is 23.2 Å². The fourth-order valence-electron chi connectivity index (χ4n) is 4.15. The Morgan fingerprint density at radius 3 is 2.53 bits per heavy atom. The molecule has 2 amide bonds. The topological polar surface area (TPSA) is 85.5 Å². The third-order valence-electron chi connectivity index (χ3n) is 5.90. The number of pyridine rings is 1. The molecule has 0 radical (unpaired) electrons. The summed E-state index contributed by atoms with van der Waals surface area (Å²) in [7, 11) is 0. The number of nitrogens with zero attached hydrogens (tertiary/aromatic N) is 2. The minimum Gasteiger partial charge on any atom is -0.367 e. The molecule has 1 aromatic heterocycles. The van der Waals surface area contributed by atoms with E-state index in [1.807, 2.05) is 0 Å². The second-order valence-corrected chi connectivity index (χ2v) is 9.12. The number of rotatable bonds is 5. The van der Waals surface area contributed by atoms with Gasteiger partial charge in [-0.05, 0) is 24.3 Å². The van der Waals surface area contributed by atoms with Gasteiger partial charge in [0.2, 0.25) is 11.5 Å². The maximum absolute atomic E-state index is 13.6. The maximum Gasteiger partial charge on any atom is 0.390 e. The Bertz CT molecular complexity index is 1360. The van der Waals surface area contributed by atoms with Crippen molar-refractivity contribution >= 4 is 51.6 Å². The number of alkyl halides is 3. The Kier molecular flexibility index (Phi) is 7.46. The Labute approximate surface area is 213 Å². The van der Waals surface area contributed by atoms with Gasteiger partial charge in [0.15, 0.2) is 0 Å². The van der Waals surface area contributed by atoms with Gasteiger partial charge in [-0.15, -0.1) is 0 Å². The standard InChI is InChI=1S/C24H21Cl2F3N4O3/c25-17-6-5-14(11-18(17)26)32-9-10-33(20(13-32)22(35)30-8-7-24(27,28)29)23(36)16-12-21(34)31-19-4-2-1-3-15(16)19/h1-6,11-12,20H,7-10,13H2,(H,30,35)(H,31,34)/t20-/m0/s1. The summed E-state index contributed by atoms with van der Waals surface area (Å²) in [5.74, 6) is -1.30. The van der Waals surface area contributed by atoms with Crippen molar-refractivity contribution in [2.45, 2.75) is 18.6 Å². The number of carbonyl (C=O) groups is 2. The first-order valence-corrected chi connectivity index (χ1v) is 11.8. The number of aromatic nitrogens is 1. The summed E-state index contributed by atoms with van der Waals surface area (Å²) in [4.78, 5) is 44.6. The highest BCUT2D eigenvalue weighted by Crippen LogP contribution is 2.29. The van der Waals surface area contributed by atoms with Gasteiger partial charge in [-0.2, -0.15) is 13.2 Å². The van der Waals surface area contributed by atoms with Crippen LogP contribution in [0.5, 0.6) is 0 Å². The summed E-state index contributed by atoms with van der Waals surface area (Å²) in [5.41, 5.74) is 0.711.